The molecule has 3 atom stereocenters. The number of aryl methyl sites for hydroxylation is 3. The molecule has 0 bridgehead atoms. The Morgan fingerprint density at radius 3 is 1.41 bits per heavy atom. The summed E-state index contributed by atoms with van der Waals surface area (Å²) in [5, 5.41) is 30.3. The van der Waals surface area contributed by atoms with Crippen LogP contribution in [-0.4, -0.2) is 9.97 Å². The number of hydrogen-bond donors (Lipinski definition) is 3. The summed E-state index contributed by atoms with van der Waals surface area (Å²) in [7, 11) is 0. The summed E-state index contributed by atoms with van der Waals surface area (Å²) in [6, 6.07) is 53.5. The number of benzene rings is 7. The predicted octanol–water partition coefficient (Wildman–Crippen LogP) is 14.2. The first-order chi connectivity index (χ1) is 46.4. The molecule has 0 radical (unpaired) electrons. The van der Waals surface area contributed by atoms with E-state index in [1.165, 1.54) is 42.5 Å². The number of para-hydroxylation sites is 1. The molecule has 17 nitrogen and oxygen atoms in total. The zero-order valence-electron chi connectivity index (χ0n) is 50.9. The maximum atomic E-state index is 15.5. The van der Waals surface area contributed by atoms with Crippen molar-refractivity contribution < 1.29 is 40.6 Å². The molecule has 0 aliphatic carbocycles. The molecule has 0 saturated carbocycles. The van der Waals surface area contributed by atoms with Crippen LogP contribution in [0.25, 0.3) is 66.3 Å². The van der Waals surface area contributed by atoms with E-state index in [0.717, 1.165) is 44.6 Å². The number of pyridine rings is 2. The van der Waals surface area contributed by atoms with Crippen molar-refractivity contribution in [1.29, 1.82) is 15.8 Å². The SMILES string of the molecule is Cc1cc(-c2ccc(C3C(C#N)=C(N)Oc4c3c(=O)oc3ccc(F)cc43)cc2)cnc1C.Cc1ccccc1-c1ccc(C2C(C#N)=C(N)Oc3c2c(=O)oc2ccccc32)c(F)c1.N#CC1=C(N)Oc2c(c(=O)oc3ccc(F)cc23)C1c1ccc(-c2cccnc2)cc1. The number of aromatic nitrogens is 2. The second kappa shape index (κ2) is 25.1. The average molecular weight is 1280 g/mol. The van der Waals surface area contributed by atoms with Gasteiger partial charge in [-0.05, 0) is 138 Å². The number of halogens is 3. The molecule has 468 valence electrons. The summed E-state index contributed by atoms with van der Waals surface area (Å²) in [6.07, 6.45) is 5.23. The first kappa shape index (κ1) is 61.6. The molecule has 5 aromatic heterocycles. The fourth-order valence-electron chi connectivity index (χ4n) is 12.1. The first-order valence-electron chi connectivity index (χ1n) is 29.6. The molecule has 8 heterocycles. The molecule has 3 unspecified atom stereocenters. The summed E-state index contributed by atoms with van der Waals surface area (Å²) < 4.78 is 76.6. The van der Waals surface area contributed by atoms with Gasteiger partial charge in [0.2, 0.25) is 17.6 Å². The summed E-state index contributed by atoms with van der Waals surface area (Å²) in [5.41, 5.74) is 27.0. The van der Waals surface area contributed by atoms with Crippen LogP contribution in [0, 0.1) is 72.2 Å². The number of hydrogen-bond acceptors (Lipinski definition) is 17. The molecule has 12 aromatic rings. The Bertz CT molecular complexity index is 5650. The van der Waals surface area contributed by atoms with Gasteiger partial charge in [0.15, 0.2) is 17.2 Å². The molecule has 0 saturated heterocycles. The van der Waals surface area contributed by atoms with Gasteiger partial charge in [-0.3, -0.25) is 9.97 Å². The first-order valence-corrected chi connectivity index (χ1v) is 29.6. The van der Waals surface area contributed by atoms with E-state index in [-0.39, 0.29) is 95.8 Å². The van der Waals surface area contributed by atoms with Crippen LogP contribution in [0.15, 0.2) is 250 Å². The molecule has 96 heavy (non-hydrogen) atoms. The standard InChI is InChI=1S/C26H18FN3O3.C26H17FN2O3.C24H14FN3O3/c1-13-9-17(12-30-14(13)2)15-3-5-16(6-4-15)22-20(11-28)25(29)33-24-19-10-18(27)7-8-21(19)32-26(31)23(22)24;1-14-6-2-3-7-16(14)15-10-11-17(20(27)12-15)22-19(13-28)25(29)32-24-18-8-4-5-9-21(18)31-26(30)23(22)24;25-16-7-8-19-17(10-16)22-21(24(29)30-19)20(18(11-26)23(27)31-22)14-5-3-13(4-6-14)15-2-1-9-28-12-15/h3-10,12,22H,29H2,1-2H3;2-12,22H,29H2,1H3;1-10,12,20H,27H2. The van der Waals surface area contributed by atoms with Gasteiger partial charge in [-0.25, -0.2) is 27.6 Å². The zero-order chi connectivity index (χ0) is 67.2. The second-order valence-corrected chi connectivity index (χ2v) is 22.6. The number of fused-ring (bicyclic) bond motifs is 9. The van der Waals surface area contributed by atoms with Crippen molar-refractivity contribution in [3.8, 4) is 68.8 Å². The number of ether oxygens (including phenoxy) is 3. The summed E-state index contributed by atoms with van der Waals surface area (Å²) >= 11 is 0. The third-order valence-corrected chi connectivity index (χ3v) is 17.0. The molecule has 3 aliphatic rings. The normalized spacial score (nSPS) is 15.2. The Labute approximate surface area is 543 Å². The number of rotatable bonds is 6. The van der Waals surface area contributed by atoms with Gasteiger partial charge in [0.1, 0.15) is 69.1 Å². The molecular weight excluding hydrogens is 1230 g/mol. The van der Waals surface area contributed by atoms with Crippen molar-refractivity contribution in [2.45, 2.75) is 38.5 Å². The van der Waals surface area contributed by atoms with Crippen LogP contribution < -0.4 is 48.3 Å². The quantitative estimate of drug-likeness (QED) is 0.130. The maximum Gasteiger partial charge on any atom is 0.344 e. The van der Waals surface area contributed by atoms with E-state index >= 15 is 4.39 Å². The predicted molar refractivity (Wildman–Crippen MR) is 351 cm³/mol. The lowest BCUT2D eigenvalue weighted by atomic mass is 9.83. The van der Waals surface area contributed by atoms with Crippen LogP contribution in [0.4, 0.5) is 13.2 Å². The molecule has 7 aromatic carbocycles. The minimum absolute atomic E-state index is 0.0392. The molecule has 6 N–H and O–H groups in total. The van der Waals surface area contributed by atoms with Crippen LogP contribution in [0.3, 0.4) is 0 Å². The van der Waals surface area contributed by atoms with E-state index in [0.29, 0.717) is 27.7 Å². The van der Waals surface area contributed by atoms with Gasteiger partial charge < -0.3 is 44.7 Å². The number of allylic oxidation sites excluding steroid dienone is 3. The highest BCUT2D eigenvalue weighted by atomic mass is 19.1. The lowest BCUT2D eigenvalue weighted by Crippen LogP contribution is -2.26. The molecule has 0 spiro atoms. The van der Waals surface area contributed by atoms with E-state index in [1.54, 1.807) is 55.0 Å². The Balaban J connectivity index is 0.000000130. The van der Waals surface area contributed by atoms with E-state index in [2.05, 4.69) is 22.1 Å². The molecule has 3 aliphatic heterocycles. The van der Waals surface area contributed by atoms with Crippen LogP contribution in [0.1, 0.15) is 68.0 Å². The largest absolute Gasteiger partial charge is 0.439 e. The number of nitrogens with two attached hydrogens (primary N) is 3. The second-order valence-electron chi connectivity index (χ2n) is 22.6. The highest BCUT2D eigenvalue weighted by molar-refractivity contribution is 5.88. The van der Waals surface area contributed by atoms with Crippen LogP contribution in [0.2, 0.25) is 0 Å². The van der Waals surface area contributed by atoms with Gasteiger partial charge in [-0.1, -0.05) is 103 Å². The highest BCUT2D eigenvalue weighted by Crippen LogP contribution is 2.48. The minimum atomic E-state index is -1.05. The van der Waals surface area contributed by atoms with Crippen molar-refractivity contribution >= 4 is 32.9 Å². The van der Waals surface area contributed by atoms with Gasteiger partial charge in [0.05, 0.1) is 50.6 Å². The molecular formula is C76H49F3N8O9. The smallest absolute Gasteiger partial charge is 0.344 e. The third kappa shape index (κ3) is 11.1. The van der Waals surface area contributed by atoms with Gasteiger partial charge in [0, 0.05) is 35.4 Å². The van der Waals surface area contributed by atoms with Crippen molar-refractivity contribution in [2.75, 3.05) is 0 Å². The molecule has 0 amide bonds. The van der Waals surface area contributed by atoms with E-state index < -0.39 is 52.1 Å². The number of nitriles is 3. The Morgan fingerprint density at radius 2 is 0.906 bits per heavy atom. The fraction of sp³-hybridized carbons (Fsp3) is 0.0789. The topological polar surface area (TPSA) is 294 Å². The summed E-state index contributed by atoms with van der Waals surface area (Å²) in [5.74, 6) is -4.29. The van der Waals surface area contributed by atoms with Gasteiger partial charge in [-0.2, -0.15) is 15.8 Å². The van der Waals surface area contributed by atoms with Crippen molar-refractivity contribution in [2.24, 2.45) is 17.2 Å². The molecule has 0 fully saturated rings. The number of nitrogens with zero attached hydrogens (tertiary/aromatic N) is 5. The van der Waals surface area contributed by atoms with Crippen LogP contribution >= 0.6 is 0 Å². The minimum Gasteiger partial charge on any atom is -0.439 e. The van der Waals surface area contributed by atoms with Crippen molar-refractivity contribution in [3.63, 3.8) is 0 Å². The lowest BCUT2D eigenvalue weighted by Gasteiger charge is -2.26. The Morgan fingerprint density at radius 1 is 0.438 bits per heavy atom. The third-order valence-electron chi connectivity index (χ3n) is 17.0. The van der Waals surface area contributed by atoms with E-state index in [9.17, 15) is 39.0 Å². The zero-order valence-corrected chi connectivity index (χ0v) is 50.9. The highest BCUT2D eigenvalue weighted by Gasteiger charge is 2.39. The van der Waals surface area contributed by atoms with Crippen LogP contribution in [-0.2, 0) is 0 Å². The van der Waals surface area contributed by atoms with E-state index in [1.807, 2.05) is 118 Å². The Kier molecular flexibility index (Phi) is 16.1. The summed E-state index contributed by atoms with van der Waals surface area (Å²) in [4.78, 5) is 47.3. The Hall–Kier alpha value is -13.3. The fourth-order valence-corrected chi connectivity index (χ4v) is 12.1. The maximum absolute atomic E-state index is 15.5. The van der Waals surface area contributed by atoms with E-state index in [4.69, 9.17) is 44.7 Å². The van der Waals surface area contributed by atoms with Crippen molar-refractivity contribution in [3.05, 3.63) is 322 Å². The van der Waals surface area contributed by atoms with Gasteiger partial charge in [-0.15, -0.1) is 0 Å². The van der Waals surface area contributed by atoms with Gasteiger partial charge >= 0.3 is 16.9 Å². The van der Waals surface area contributed by atoms with Crippen LogP contribution in [0.5, 0.6) is 17.2 Å². The molecule has 15 rings (SSSR count). The van der Waals surface area contributed by atoms with Gasteiger partial charge in [0.25, 0.3) is 0 Å². The molecule has 20 heteroatoms. The lowest BCUT2D eigenvalue weighted by molar-refractivity contribution is 0.386. The monoisotopic (exact) mass is 1270 g/mol. The average Bonchev–Trinajstić information content (AvgIpc) is 0.753. The van der Waals surface area contributed by atoms with Crippen molar-refractivity contribution in [1.82, 2.24) is 9.97 Å². The summed E-state index contributed by atoms with van der Waals surface area (Å²) in [6.45, 7) is 5.90.